The van der Waals surface area contributed by atoms with Gasteiger partial charge in [0.1, 0.15) is 0 Å². The van der Waals surface area contributed by atoms with Gasteiger partial charge in [-0.1, -0.05) is 0 Å². The highest BCUT2D eigenvalue weighted by molar-refractivity contribution is 5.85. The zero-order valence-corrected chi connectivity index (χ0v) is 14.3. The average molecular weight is 330 g/mol. The van der Waals surface area contributed by atoms with Gasteiger partial charge in [0.25, 0.3) is 0 Å². The predicted molar refractivity (Wildman–Crippen MR) is 87.1 cm³/mol. The van der Waals surface area contributed by atoms with E-state index in [1.807, 2.05) is 21.0 Å². The monoisotopic (exact) mass is 329 g/mol. The van der Waals surface area contributed by atoms with Crippen LogP contribution in [0.1, 0.15) is 19.8 Å². The van der Waals surface area contributed by atoms with Crippen LogP contribution in [0.25, 0.3) is 0 Å². The van der Waals surface area contributed by atoms with Crippen molar-refractivity contribution in [1.82, 2.24) is 15.5 Å². The van der Waals surface area contributed by atoms with Gasteiger partial charge in [0.2, 0.25) is 5.91 Å². The molecule has 0 aromatic carbocycles. The Balaban J connectivity index is 0. The number of rotatable bonds is 8. The van der Waals surface area contributed by atoms with E-state index >= 15 is 0 Å². The molecule has 0 bridgehead atoms. The summed E-state index contributed by atoms with van der Waals surface area (Å²) in [6.07, 6.45) is 2.02. The van der Waals surface area contributed by atoms with E-state index in [1.165, 1.54) is 0 Å². The molecule has 7 heteroatoms. The molecule has 0 radical (unpaired) electrons. The first-order valence-electron chi connectivity index (χ1n) is 6.88. The first kappa shape index (κ1) is 22.2. The van der Waals surface area contributed by atoms with Crippen LogP contribution in [-0.4, -0.2) is 63.8 Å². The van der Waals surface area contributed by atoms with Crippen LogP contribution in [0.2, 0.25) is 0 Å². The Morgan fingerprint density at radius 2 is 2.15 bits per heavy atom. The molecule has 1 aliphatic rings. The summed E-state index contributed by atoms with van der Waals surface area (Å²) < 4.78 is 5.65. The number of nitrogens with zero attached hydrogens (tertiary/aromatic N) is 1. The Labute approximate surface area is 135 Å². The van der Waals surface area contributed by atoms with Crippen molar-refractivity contribution in [2.75, 3.05) is 46.9 Å². The number of ether oxygens (including phenoxy) is 1. The van der Waals surface area contributed by atoms with Crippen molar-refractivity contribution in [3.05, 3.63) is 0 Å². The van der Waals surface area contributed by atoms with Gasteiger partial charge < -0.3 is 20.3 Å². The van der Waals surface area contributed by atoms with Gasteiger partial charge >= 0.3 is 0 Å². The largest absolute Gasteiger partial charge is 0.377 e. The molecule has 1 rings (SSSR count). The van der Waals surface area contributed by atoms with Crippen LogP contribution in [0.5, 0.6) is 0 Å². The van der Waals surface area contributed by atoms with Crippen LogP contribution < -0.4 is 10.6 Å². The maximum atomic E-state index is 11.9. The molecular formula is C13H29Cl2N3O2. The first-order valence-corrected chi connectivity index (χ1v) is 6.88. The van der Waals surface area contributed by atoms with Crippen molar-refractivity contribution < 1.29 is 9.53 Å². The van der Waals surface area contributed by atoms with Crippen molar-refractivity contribution in [1.29, 1.82) is 0 Å². The normalized spacial score (nSPS) is 19.1. The second kappa shape index (κ2) is 12.7. The highest BCUT2D eigenvalue weighted by atomic mass is 35.5. The minimum absolute atomic E-state index is 0. The lowest BCUT2D eigenvalue weighted by atomic mass is 10.1. The van der Waals surface area contributed by atoms with Gasteiger partial charge in [0, 0.05) is 26.2 Å². The number of carbonyl (C=O) groups excluding carboxylic acids is 1. The standard InChI is InChI=1S/C13H27N3O2.2ClH/c1-4-18-12(6-8-16(2)3)10-15-13(17)11-5-7-14-9-11;;/h11-12,14H,4-10H2,1-3H3,(H,15,17);2*1H. The Hall–Kier alpha value is -0.0700. The van der Waals surface area contributed by atoms with Crippen molar-refractivity contribution >= 4 is 30.7 Å². The van der Waals surface area contributed by atoms with Gasteiger partial charge in [-0.05, 0) is 40.4 Å². The van der Waals surface area contributed by atoms with E-state index in [0.29, 0.717) is 13.2 Å². The summed E-state index contributed by atoms with van der Waals surface area (Å²) in [5.74, 6) is 0.302. The topological polar surface area (TPSA) is 53.6 Å². The van der Waals surface area contributed by atoms with E-state index in [0.717, 1.165) is 32.5 Å². The van der Waals surface area contributed by atoms with Crippen LogP contribution in [0, 0.1) is 5.92 Å². The molecule has 0 aromatic heterocycles. The van der Waals surface area contributed by atoms with E-state index < -0.39 is 0 Å². The molecule has 0 spiro atoms. The van der Waals surface area contributed by atoms with E-state index in [-0.39, 0.29) is 42.7 Å². The summed E-state index contributed by atoms with van der Waals surface area (Å²) in [5.41, 5.74) is 0. The Kier molecular flexibility index (Phi) is 14.1. The number of hydrogen-bond donors (Lipinski definition) is 2. The maximum Gasteiger partial charge on any atom is 0.224 e. The fourth-order valence-electron chi connectivity index (χ4n) is 2.12. The highest BCUT2D eigenvalue weighted by Crippen LogP contribution is 2.07. The minimum Gasteiger partial charge on any atom is -0.377 e. The molecular weight excluding hydrogens is 301 g/mol. The fourth-order valence-corrected chi connectivity index (χ4v) is 2.12. The Morgan fingerprint density at radius 3 is 2.65 bits per heavy atom. The summed E-state index contributed by atoms with van der Waals surface area (Å²) in [7, 11) is 4.09. The zero-order chi connectivity index (χ0) is 13.4. The van der Waals surface area contributed by atoms with E-state index in [9.17, 15) is 4.79 Å². The van der Waals surface area contributed by atoms with E-state index in [1.54, 1.807) is 0 Å². The Morgan fingerprint density at radius 1 is 1.45 bits per heavy atom. The molecule has 2 unspecified atom stereocenters. The number of amides is 1. The van der Waals surface area contributed by atoms with Crippen molar-refractivity contribution in [3.63, 3.8) is 0 Å². The van der Waals surface area contributed by atoms with Gasteiger partial charge in [0.05, 0.1) is 12.0 Å². The quantitative estimate of drug-likeness (QED) is 0.695. The minimum atomic E-state index is 0. The van der Waals surface area contributed by atoms with Gasteiger partial charge in [0.15, 0.2) is 0 Å². The molecule has 122 valence electrons. The second-order valence-electron chi connectivity index (χ2n) is 5.10. The van der Waals surface area contributed by atoms with Crippen molar-refractivity contribution in [2.45, 2.75) is 25.9 Å². The molecule has 1 saturated heterocycles. The van der Waals surface area contributed by atoms with Gasteiger partial charge in [-0.2, -0.15) is 0 Å². The van der Waals surface area contributed by atoms with Crippen molar-refractivity contribution in [3.8, 4) is 0 Å². The van der Waals surface area contributed by atoms with Gasteiger partial charge in [-0.25, -0.2) is 0 Å². The molecule has 1 amide bonds. The Bertz CT molecular complexity index is 250. The van der Waals surface area contributed by atoms with Crippen LogP contribution in [0.4, 0.5) is 0 Å². The highest BCUT2D eigenvalue weighted by Gasteiger charge is 2.22. The van der Waals surface area contributed by atoms with Crippen molar-refractivity contribution in [2.24, 2.45) is 5.92 Å². The van der Waals surface area contributed by atoms with Gasteiger partial charge in [-0.3, -0.25) is 4.79 Å². The summed E-state index contributed by atoms with van der Waals surface area (Å²) >= 11 is 0. The first-order chi connectivity index (χ1) is 8.63. The third-order valence-corrected chi connectivity index (χ3v) is 3.24. The second-order valence-corrected chi connectivity index (χ2v) is 5.10. The van der Waals surface area contributed by atoms with Crippen LogP contribution in [0.15, 0.2) is 0 Å². The molecule has 1 fully saturated rings. The molecule has 1 heterocycles. The maximum absolute atomic E-state index is 11.9. The fraction of sp³-hybridized carbons (Fsp3) is 0.923. The summed E-state index contributed by atoms with van der Waals surface area (Å²) in [5, 5.41) is 6.22. The van der Waals surface area contributed by atoms with Gasteiger partial charge in [-0.15, -0.1) is 24.8 Å². The molecule has 2 atom stereocenters. The van der Waals surface area contributed by atoms with Crippen LogP contribution >= 0.6 is 24.8 Å². The molecule has 20 heavy (non-hydrogen) atoms. The zero-order valence-electron chi connectivity index (χ0n) is 12.7. The number of halogens is 2. The molecule has 0 aromatic rings. The van der Waals surface area contributed by atoms with E-state index in [2.05, 4.69) is 15.5 Å². The lowest BCUT2D eigenvalue weighted by Gasteiger charge is -2.20. The van der Waals surface area contributed by atoms with Crippen LogP contribution in [-0.2, 0) is 9.53 Å². The number of carbonyl (C=O) groups is 1. The predicted octanol–water partition coefficient (Wildman–Crippen LogP) is 0.912. The third kappa shape index (κ3) is 8.97. The van der Waals surface area contributed by atoms with E-state index in [4.69, 9.17) is 4.74 Å². The average Bonchev–Trinajstić information content (AvgIpc) is 2.86. The molecule has 0 aliphatic carbocycles. The van der Waals surface area contributed by atoms with Crippen LogP contribution in [0.3, 0.4) is 0 Å². The molecule has 1 aliphatic heterocycles. The number of nitrogens with one attached hydrogen (secondary N) is 2. The lowest BCUT2D eigenvalue weighted by Crippen LogP contribution is -2.39. The lowest BCUT2D eigenvalue weighted by molar-refractivity contribution is -0.125. The molecule has 5 nitrogen and oxygen atoms in total. The molecule has 0 saturated carbocycles. The third-order valence-electron chi connectivity index (χ3n) is 3.24. The molecule has 2 N–H and O–H groups in total. The number of hydrogen-bond acceptors (Lipinski definition) is 4. The summed E-state index contributed by atoms with van der Waals surface area (Å²) in [6.45, 7) is 6.04. The summed E-state index contributed by atoms with van der Waals surface area (Å²) in [6, 6.07) is 0. The summed E-state index contributed by atoms with van der Waals surface area (Å²) in [4.78, 5) is 14.0. The smallest absolute Gasteiger partial charge is 0.224 e. The SMILES string of the molecule is CCOC(CCN(C)C)CNC(=O)C1CCNC1.Cl.Cl.